The van der Waals surface area contributed by atoms with Crippen LogP contribution >= 0.6 is 0 Å². The predicted molar refractivity (Wildman–Crippen MR) is 50.8 cm³/mol. The van der Waals surface area contributed by atoms with Crippen molar-refractivity contribution >= 4 is 5.69 Å². The average Bonchev–Trinajstić information content (AvgIpc) is 2.15. The highest BCUT2D eigenvalue weighted by atomic mass is 19.1. The van der Waals surface area contributed by atoms with Crippen LogP contribution in [0.4, 0.5) is 10.1 Å². The van der Waals surface area contributed by atoms with Crippen molar-refractivity contribution in [2.75, 3.05) is 12.3 Å². The number of nitrogen functional groups attached to an aromatic ring is 1. The molecule has 0 spiro atoms. The van der Waals surface area contributed by atoms with Gasteiger partial charge >= 0.3 is 0 Å². The van der Waals surface area contributed by atoms with E-state index in [2.05, 4.69) is 0 Å². The number of benzene rings is 1. The van der Waals surface area contributed by atoms with E-state index in [0.29, 0.717) is 0 Å². The van der Waals surface area contributed by atoms with Gasteiger partial charge in [-0.05, 0) is 12.1 Å². The molecule has 0 aliphatic carbocycles. The monoisotopic (exact) mass is 200 g/mol. The summed E-state index contributed by atoms with van der Waals surface area (Å²) in [6, 6.07) is 3.58. The Balaban J connectivity index is 2.95. The van der Waals surface area contributed by atoms with Gasteiger partial charge in [0.05, 0.1) is 6.10 Å². The van der Waals surface area contributed by atoms with Crippen molar-refractivity contribution in [2.45, 2.75) is 12.2 Å². The molecule has 14 heavy (non-hydrogen) atoms. The molecule has 0 saturated heterocycles. The Kier molecular flexibility index (Phi) is 3.40. The third-order valence-electron chi connectivity index (χ3n) is 1.97. The molecule has 0 fully saturated rings. The van der Waals surface area contributed by atoms with Gasteiger partial charge < -0.3 is 21.7 Å². The van der Waals surface area contributed by atoms with Crippen LogP contribution < -0.4 is 11.5 Å². The molecule has 6 N–H and O–H groups in total. The number of hydrogen-bond donors (Lipinski definition) is 4. The summed E-state index contributed by atoms with van der Waals surface area (Å²) in [6.45, 7) is -0.0853. The molecule has 4 nitrogen and oxygen atoms in total. The zero-order valence-electron chi connectivity index (χ0n) is 7.52. The summed E-state index contributed by atoms with van der Waals surface area (Å²) in [5.74, 6) is -0.485. The van der Waals surface area contributed by atoms with Gasteiger partial charge in [-0.15, -0.1) is 0 Å². The molecule has 1 aromatic rings. The SMILES string of the molecule is NCC(O)C(O)c1ccc(F)cc1N. The minimum atomic E-state index is -1.18. The first-order valence-corrected chi connectivity index (χ1v) is 4.17. The standard InChI is InChI=1S/C9H13FN2O2/c10-5-1-2-6(7(12)3-5)9(14)8(13)4-11/h1-3,8-9,13-14H,4,11-12H2. The van der Waals surface area contributed by atoms with Gasteiger partial charge in [0.1, 0.15) is 11.9 Å². The molecule has 78 valence electrons. The maximum absolute atomic E-state index is 12.6. The molecule has 0 aliphatic heterocycles. The Morgan fingerprint density at radius 3 is 2.50 bits per heavy atom. The summed E-state index contributed by atoms with van der Waals surface area (Å²) < 4.78 is 12.6. The zero-order chi connectivity index (χ0) is 10.7. The molecular formula is C9H13FN2O2. The first-order valence-electron chi connectivity index (χ1n) is 4.17. The van der Waals surface area contributed by atoms with E-state index in [1.54, 1.807) is 0 Å². The molecule has 2 atom stereocenters. The fourth-order valence-corrected chi connectivity index (χ4v) is 1.15. The van der Waals surface area contributed by atoms with Crippen molar-refractivity contribution in [2.24, 2.45) is 5.73 Å². The molecule has 0 saturated carbocycles. The second-order valence-corrected chi connectivity index (χ2v) is 3.02. The molecule has 1 aromatic carbocycles. The van der Waals surface area contributed by atoms with Crippen LogP contribution in [-0.2, 0) is 0 Å². The lowest BCUT2D eigenvalue weighted by molar-refractivity contribution is 0.0247. The number of halogens is 1. The fourth-order valence-electron chi connectivity index (χ4n) is 1.15. The van der Waals surface area contributed by atoms with Gasteiger partial charge in [0.25, 0.3) is 0 Å². The summed E-state index contributed by atoms with van der Waals surface area (Å²) >= 11 is 0. The Hall–Kier alpha value is -1.17. The summed E-state index contributed by atoms with van der Waals surface area (Å²) in [5, 5.41) is 18.8. The predicted octanol–water partition coefficient (Wildman–Crippen LogP) is -0.239. The van der Waals surface area contributed by atoms with E-state index in [1.807, 2.05) is 0 Å². The van der Waals surface area contributed by atoms with E-state index in [0.717, 1.165) is 12.1 Å². The minimum absolute atomic E-state index is 0.0853. The quantitative estimate of drug-likeness (QED) is 0.507. The molecule has 0 radical (unpaired) electrons. The Bertz CT molecular complexity index is 320. The molecule has 2 unspecified atom stereocenters. The second kappa shape index (κ2) is 4.36. The van der Waals surface area contributed by atoms with Crippen molar-refractivity contribution < 1.29 is 14.6 Å². The number of rotatable bonds is 3. The van der Waals surface area contributed by atoms with Crippen molar-refractivity contribution in [3.63, 3.8) is 0 Å². The largest absolute Gasteiger partial charge is 0.398 e. The summed E-state index contributed by atoms with van der Waals surface area (Å²) in [6.07, 6.45) is -2.27. The first-order chi connectivity index (χ1) is 6.56. The maximum Gasteiger partial charge on any atom is 0.125 e. The van der Waals surface area contributed by atoms with Gasteiger partial charge in [-0.1, -0.05) is 6.07 Å². The molecule has 0 aromatic heterocycles. The highest BCUT2D eigenvalue weighted by Crippen LogP contribution is 2.23. The lowest BCUT2D eigenvalue weighted by Crippen LogP contribution is -2.27. The van der Waals surface area contributed by atoms with Gasteiger partial charge in [-0.25, -0.2) is 4.39 Å². The lowest BCUT2D eigenvalue weighted by Gasteiger charge is -2.17. The van der Waals surface area contributed by atoms with Crippen LogP contribution in [0.2, 0.25) is 0 Å². The van der Waals surface area contributed by atoms with Crippen molar-refractivity contribution in [1.29, 1.82) is 0 Å². The minimum Gasteiger partial charge on any atom is -0.398 e. The molecule has 0 bridgehead atoms. The van der Waals surface area contributed by atoms with Crippen molar-refractivity contribution in [3.8, 4) is 0 Å². The summed E-state index contributed by atoms with van der Waals surface area (Å²) in [4.78, 5) is 0. The normalized spacial score (nSPS) is 15.1. The Morgan fingerprint density at radius 2 is 2.00 bits per heavy atom. The first kappa shape index (κ1) is 10.9. The second-order valence-electron chi connectivity index (χ2n) is 3.02. The van der Waals surface area contributed by atoms with E-state index < -0.39 is 18.0 Å². The number of anilines is 1. The van der Waals surface area contributed by atoms with Crippen LogP contribution in [0.1, 0.15) is 11.7 Å². The fraction of sp³-hybridized carbons (Fsp3) is 0.333. The summed E-state index contributed by atoms with van der Waals surface area (Å²) in [7, 11) is 0. The van der Waals surface area contributed by atoms with Crippen LogP contribution in [0.5, 0.6) is 0 Å². The number of nitrogens with two attached hydrogens (primary N) is 2. The third kappa shape index (κ3) is 2.20. The lowest BCUT2D eigenvalue weighted by atomic mass is 10.0. The van der Waals surface area contributed by atoms with Crippen molar-refractivity contribution in [3.05, 3.63) is 29.6 Å². The van der Waals surface area contributed by atoms with Gasteiger partial charge in [-0.2, -0.15) is 0 Å². The summed E-state index contributed by atoms with van der Waals surface area (Å²) in [5.41, 5.74) is 11.0. The molecule has 0 aliphatic rings. The Labute approximate surface area is 81.0 Å². The molecular weight excluding hydrogens is 187 g/mol. The van der Waals surface area contributed by atoms with Crippen LogP contribution in [0.3, 0.4) is 0 Å². The molecule has 1 rings (SSSR count). The van der Waals surface area contributed by atoms with Crippen LogP contribution in [0.15, 0.2) is 18.2 Å². The van der Waals surface area contributed by atoms with Gasteiger partial charge in [-0.3, -0.25) is 0 Å². The smallest absolute Gasteiger partial charge is 0.125 e. The zero-order valence-corrected chi connectivity index (χ0v) is 7.52. The van der Waals surface area contributed by atoms with E-state index in [4.69, 9.17) is 11.5 Å². The van der Waals surface area contributed by atoms with Gasteiger partial charge in [0.2, 0.25) is 0 Å². The van der Waals surface area contributed by atoms with E-state index in [-0.39, 0.29) is 17.8 Å². The van der Waals surface area contributed by atoms with E-state index in [9.17, 15) is 14.6 Å². The Morgan fingerprint density at radius 1 is 1.36 bits per heavy atom. The van der Waals surface area contributed by atoms with Gasteiger partial charge in [0, 0.05) is 17.8 Å². The molecule has 0 heterocycles. The molecule has 5 heteroatoms. The average molecular weight is 200 g/mol. The maximum atomic E-state index is 12.6. The van der Waals surface area contributed by atoms with Crippen LogP contribution in [0.25, 0.3) is 0 Å². The molecule has 0 amide bonds. The third-order valence-corrected chi connectivity index (χ3v) is 1.97. The number of aliphatic hydroxyl groups is 2. The van der Waals surface area contributed by atoms with Crippen LogP contribution in [0, 0.1) is 5.82 Å². The van der Waals surface area contributed by atoms with Gasteiger partial charge in [0.15, 0.2) is 0 Å². The highest BCUT2D eigenvalue weighted by Gasteiger charge is 2.19. The van der Waals surface area contributed by atoms with Crippen LogP contribution in [-0.4, -0.2) is 22.9 Å². The highest BCUT2D eigenvalue weighted by molar-refractivity contribution is 5.48. The van der Waals surface area contributed by atoms with E-state index >= 15 is 0 Å². The number of aliphatic hydroxyl groups excluding tert-OH is 2. The number of hydrogen-bond acceptors (Lipinski definition) is 4. The van der Waals surface area contributed by atoms with Crippen molar-refractivity contribution in [1.82, 2.24) is 0 Å². The van der Waals surface area contributed by atoms with E-state index in [1.165, 1.54) is 6.07 Å². The topological polar surface area (TPSA) is 92.5 Å².